The van der Waals surface area contributed by atoms with Crippen LogP contribution in [0.15, 0.2) is 67.0 Å². The fourth-order valence-corrected chi connectivity index (χ4v) is 2.57. The molecule has 1 unspecified atom stereocenters. The molecule has 0 radical (unpaired) electrons. The third-order valence-electron chi connectivity index (χ3n) is 3.88. The standard InChI is InChI=1S/C20H17F2N3O/c1-25-12-11-23-20(25)19(15-3-2-4-17(22)13-15)24-18(26)10-7-14-5-8-16(21)9-6-14/h2-13,19H,1H3,(H,24,26)/b10-7+. The molecule has 0 aliphatic rings. The Morgan fingerprint density at radius 1 is 1.15 bits per heavy atom. The van der Waals surface area contributed by atoms with Gasteiger partial charge < -0.3 is 9.88 Å². The Hall–Kier alpha value is -3.28. The lowest BCUT2D eigenvalue weighted by Gasteiger charge is -2.18. The van der Waals surface area contributed by atoms with Crippen LogP contribution >= 0.6 is 0 Å². The van der Waals surface area contributed by atoms with Crippen molar-refractivity contribution >= 4 is 12.0 Å². The summed E-state index contributed by atoms with van der Waals surface area (Å²) in [6.07, 6.45) is 6.29. The lowest BCUT2D eigenvalue weighted by Crippen LogP contribution is -2.29. The van der Waals surface area contributed by atoms with Gasteiger partial charge in [-0.2, -0.15) is 0 Å². The molecule has 132 valence electrons. The number of imidazole rings is 1. The fourth-order valence-electron chi connectivity index (χ4n) is 2.57. The van der Waals surface area contributed by atoms with Gasteiger partial charge in [0.25, 0.3) is 0 Å². The average molecular weight is 353 g/mol. The fraction of sp³-hybridized carbons (Fsp3) is 0.100. The number of hydrogen-bond donors (Lipinski definition) is 1. The first-order valence-corrected chi connectivity index (χ1v) is 8.00. The van der Waals surface area contributed by atoms with Crippen LogP contribution in [0.25, 0.3) is 6.08 Å². The van der Waals surface area contributed by atoms with Gasteiger partial charge in [0.05, 0.1) is 0 Å². The highest BCUT2D eigenvalue weighted by Crippen LogP contribution is 2.21. The molecule has 0 aliphatic heterocycles. The van der Waals surface area contributed by atoms with E-state index in [9.17, 15) is 13.6 Å². The molecular weight excluding hydrogens is 336 g/mol. The molecule has 6 heteroatoms. The van der Waals surface area contributed by atoms with Crippen LogP contribution in [0.4, 0.5) is 8.78 Å². The van der Waals surface area contributed by atoms with Crippen molar-refractivity contribution in [1.82, 2.24) is 14.9 Å². The summed E-state index contributed by atoms with van der Waals surface area (Å²) in [6, 6.07) is 11.2. The molecule has 4 nitrogen and oxygen atoms in total. The minimum atomic E-state index is -0.601. The number of nitrogens with one attached hydrogen (secondary N) is 1. The lowest BCUT2D eigenvalue weighted by molar-refractivity contribution is -0.117. The second-order valence-electron chi connectivity index (χ2n) is 5.78. The smallest absolute Gasteiger partial charge is 0.244 e. The summed E-state index contributed by atoms with van der Waals surface area (Å²) in [7, 11) is 1.80. The van der Waals surface area contributed by atoms with Gasteiger partial charge in [-0.25, -0.2) is 13.8 Å². The average Bonchev–Trinajstić information content (AvgIpc) is 3.05. The van der Waals surface area contributed by atoms with E-state index < -0.39 is 11.9 Å². The van der Waals surface area contributed by atoms with Crippen LogP contribution in [-0.2, 0) is 11.8 Å². The van der Waals surface area contributed by atoms with Crippen molar-refractivity contribution in [2.24, 2.45) is 7.05 Å². The molecule has 1 aromatic heterocycles. The van der Waals surface area contributed by atoms with Crippen LogP contribution < -0.4 is 5.32 Å². The molecular formula is C20H17F2N3O. The van der Waals surface area contributed by atoms with Crippen LogP contribution in [0, 0.1) is 11.6 Å². The summed E-state index contributed by atoms with van der Waals surface area (Å²) >= 11 is 0. The predicted molar refractivity (Wildman–Crippen MR) is 95.0 cm³/mol. The van der Waals surface area contributed by atoms with Gasteiger partial charge in [0.15, 0.2) is 0 Å². The van der Waals surface area contributed by atoms with Crippen LogP contribution in [0.1, 0.15) is 23.0 Å². The highest BCUT2D eigenvalue weighted by atomic mass is 19.1. The number of aromatic nitrogens is 2. The largest absolute Gasteiger partial charge is 0.339 e. The van der Waals surface area contributed by atoms with E-state index in [2.05, 4.69) is 10.3 Å². The molecule has 26 heavy (non-hydrogen) atoms. The number of benzene rings is 2. The number of amides is 1. The molecule has 0 spiro atoms. The van der Waals surface area contributed by atoms with E-state index >= 15 is 0 Å². The molecule has 1 heterocycles. The zero-order valence-electron chi connectivity index (χ0n) is 14.1. The number of carbonyl (C=O) groups excluding carboxylic acids is 1. The SMILES string of the molecule is Cn1ccnc1C(NC(=O)/C=C/c1ccc(F)cc1)c1cccc(F)c1. The van der Waals surface area contributed by atoms with Crippen LogP contribution in [-0.4, -0.2) is 15.5 Å². The van der Waals surface area contributed by atoms with Gasteiger partial charge in [-0.15, -0.1) is 0 Å². The lowest BCUT2D eigenvalue weighted by atomic mass is 10.1. The van der Waals surface area contributed by atoms with Gasteiger partial charge in [-0.05, 0) is 41.5 Å². The molecule has 0 aliphatic carbocycles. The van der Waals surface area contributed by atoms with E-state index in [1.54, 1.807) is 54.3 Å². The number of halogens is 2. The molecule has 2 aromatic carbocycles. The molecule has 0 fully saturated rings. The Morgan fingerprint density at radius 3 is 2.58 bits per heavy atom. The van der Waals surface area contributed by atoms with Gasteiger partial charge >= 0.3 is 0 Å². The Bertz CT molecular complexity index is 932. The molecule has 0 bridgehead atoms. The second kappa shape index (κ2) is 7.74. The van der Waals surface area contributed by atoms with Crippen molar-refractivity contribution < 1.29 is 13.6 Å². The van der Waals surface area contributed by atoms with Gasteiger partial charge in [-0.1, -0.05) is 24.3 Å². The Morgan fingerprint density at radius 2 is 1.92 bits per heavy atom. The van der Waals surface area contributed by atoms with Gasteiger partial charge in [0, 0.05) is 25.5 Å². The maximum absolute atomic E-state index is 13.6. The molecule has 3 aromatic rings. The van der Waals surface area contributed by atoms with Crippen molar-refractivity contribution in [3.8, 4) is 0 Å². The zero-order valence-corrected chi connectivity index (χ0v) is 14.1. The van der Waals surface area contributed by atoms with Gasteiger partial charge in [0.1, 0.15) is 23.5 Å². The van der Waals surface area contributed by atoms with Crippen LogP contribution in [0.2, 0.25) is 0 Å². The summed E-state index contributed by atoms with van der Waals surface area (Å²) < 4.78 is 28.3. The first kappa shape index (κ1) is 17.5. The summed E-state index contributed by atoms with van der Waals surface area (Å²) in [6.45, 7) is 0. The quantitative estimate of drug-likeness (QED) is 0.712. The number of aryl methyl sites for hydroxylation is 1. The van der Waals surface area contributed by atoms with E-state index in [-0.39, 0.29) is 11.7 Å². The van der Waals surface area contributed by atoms with Crippen molar-refractivity contribution in [1.29, 1.82) is 0 Å². The van der Waals surface area contributed by atoms with Gasteiger partial charge in [-0.3, -0.25) is 4.79 Å². The Labute approximate surface area is 149 Å². The number of hydrogen-bond acceptors (Lipinski definition) is 2. The minimum absolute atomic E-state index is 0.340. The normalized spacial score (nSPS) is 12.3. The van der Waals surface area contributed by atoms with E-state index in [1.165, 1.54) is 30.3 Å². The van der Waals surface area contributed by atoms with E-state index in [0.717, 1.165) is 0 Å². The number of nitrogens with zero attached hydrogens (tertiary/aromatic N) is 2. The maximum Gasteiger partial charge on any atom is 0.244 e. The summed E-state index contributed by atoms with van der Waals surface area (Å²) in [4.78, 5) is 16.6. The highest BCUT2D eigenvalue weighted by Gasteiger charge is 2.20. The Balaban J connectivity index is 1.82. The molecule has 1 amide bonds. The molecule has 3 rings (SSSR count). The van der Waals surface area contributed by atoms with E-state index in [0.29, 0.717) is 17.0 Å². The van der Waals surface area contributed by atoms with E-state index in [1.807, 2.05) is 0 Å². The predicted octanol–water partition coefficient (Wildman–Crippen LogP) is 3.62. The first-order chi connectivity index (χ1) is 12.5. The monoisotopic (exact) mass is 353 g/mol. The molecule has 1 N–H and O–H groups in total. The second-order valence-corrected chi connectivity index (χ2v) is 5.78. The van der Waals surface area contributed by atoms with Crippen molar-refractivity contribution in [2.75, 3.05) is 0 Å². The summed E-state index contributed by atoms with van der Waals surface area (Å²) in [5.41, 5.74) is 1.28. The van der Waals surface area contributed by atoms with Crippen LogP contribution in [0.5, 0.6) is 0 Å². The minimum Gasteiger partial charge on any atom is -0.339 e. The first-order valence-electron chi connectivity index (χ1n) is 8.00. The molecule has 1 atom stereocenters. The number of rotatable bonds is 5. The molecule has 0 saturated carbocycles. The van der Waals surface area contributed by atoms with Crippen LogP contribution in [0.3, 0.4) is 0 Å². The van der Waals surface area contributed by atoms with Crippen molar-refractivity contribution in [3.05, 3.63) is 95.6 Å². The topological polar surface area (TPSA) is 46.9 Å². The Kier molecular flexibility index (Phi) is 5.22. The zero-order chi connectivity index (χ0) is 18.5. The maximum atomic E-state index is 13.6. The van der Waals surface area contributed by atoms with Gasteiger partial charge in [0.2, 0.25) is 5.91 Å². The number of carbonyl (C=O) groups is 1. The van der Waals surface area contributed by atoms with Crippen molar-refractivity contribution in [2.45, 2.75) is 6.04 Å². The summed E-state index contributed by atoms with van der Waals surface area (Å²) in [5.74, 6) is -0.518. The van der Waals surface area contributed by atoms with E-state index in [4.69, 9.17) is 0 Å². The third-order valence-corrected chi connectivity index (χ3v) is 3.88. The highest BCUT2D eigenvalue weighted by molar-refractivity contribution is 5.92. The molecule has 0 saturated heterocycles. The summed E-state index contributed by atoms with van der Waals surface area (Å²) in [5, 5.41) is 2.84. The van der Waals surface area contributed by atoms with Crippen molar-refractivity contribution in [3.63, 3.8) is 0 Å². The third kappa shape index (κ3) is 4.22.